The lowest BCUT2D eigenvalue weighted by Gasteiger charge is -2.06. The summed E-state index contributed by atoms with van der Waals surface area (Å²) in [7, 11) is 0. The molecule has 96 valence electrons. The van der Waals surface area contributed by atoms with Crippen molar-refractivity contribution < 1.29 is 9.90 Å². The van der Waals surface area contributed by atoms with Gasteiger partial charge in [0, 0.05) is 24.3 Å². The SMILES string of the molecule is CC(O)CCNC(=O)Cc1c[nH]c2ncccc12. The molecule has 5 nitrogen and oxygen atoms in total. The maximum absolute atomic E-state index is 11.7. The van der Waals surface area contributed by atoms with E-state index in [4.69, 9.17) is 5.11 Å². The van der Waals surface area contributed by atoms with Gasteiger partial charge in [0.2, 0.25) is 5.91 Å². The molecule has 0 aliphatic rings. The number of aromatic nitrogens is 2. The molecule has 18 heavy (non-hydrogen) atoms. The number of pyridine rings is 1. The first kappa shape index (κ1) is 12.6. The quantitative estimate of drug-likeness (QED) is 0.737. The molecule has 0 saturated heterocycles. The molecule has 0 radical (unpaired) electrons. The number of amides is 1. The zero-order valence-corrected chi connectivity index (χ0v) is 10.3. The van der Waals surface area contributed by atoms with Crippen molar-refractivity contribution in [3.8, 4) is 0 Å². The molecule has 1 amide bonds. The summed E-state index contributed by atoms with van der Waals surface area (Å²) >= 11 is 0. The highest BCUT2D eigenvalue weighted by Gasteiger charge is 2.08. The summed E-state index contributed by atoms with van der Waals surface area (Å²) in [5, 5.41) is 12.9. The highest BCUT2D eigenvalue weighted by molar-refractivity contribution is 5.86. The lowest BCUT2D eigenvalue weighted by molar-refractivity contribution is -0.120. The number of fused-ring (bicyclic) bond motifs is 1. The van der Waals surface area contributed by atoms with E-state index in [1.54, 1.807) is 13.1 Å². The van der Waals surface area contributed by atoms with Crippen molar-refractivity contribution >= 4 is 16.9 Å². The minimum Gasteiger partial charge on any atom is -0.393 e. The Morgan fingerprint density at radius 2 is 2.44 bits per heavy atom. The van der Waals surface area contributed by atoms with E-state index in [2.05, 4.69) is 15.3 Å². The number of carbonyl (C=O) groups is 1. The van der Waals surface area contributed by atoms with Crippen molar-refractivity contribution in [1.29, 1.82) is 0 Å². The first-order valence-electron chi connectivity index (χ1n) is 6.02. The van der Waals surface area contributed by atoms with Crippen LogP contribution in [-0.2, 0) is 11.2 Å². The van der Waals surface area contributed by atoms with Crippen molar-refractivity contribution in [2.24, 2.45) is 0 Å². The van der Waals surface area contributed by atoms with E-state index in [1.807, 2.05) is 18.3 Å². The van der Waals surface area contributed by atoms with E-state index in [-0.39, 0.29) is 12.0 Å². The first-order chi connectivity index (χ1) is 8.66. The second-order valence-electron chi connectivity index (χ2n) is 4.38. The topological polar surface area (TPSA) is 78.0 Å². The van der Waals surface area contributed by atoms with Crippen LogP contribution in [0.15, 0.2) is 24.5 Å². The lowest BCUT2D eigenvalue weighted by atomic mass is 10.1. The monoisotopic (exact) mass is 247 g/mol. The van der Waals surface area contributed by atoms with Crippen LogP contribution < -0.4 is 5.32 Å². The Bertz CT molecular complexity index is 534. The summed E-state index contributed by atoms with van der Waals surface area (Å²) in [4.78, 5) is 18.9. The third-order valence-electron chi connectivity index (χ3n) is 2.77. The number of aromatic amines is 1. The summed E-state index contributed by atoms with van der Waals surface area (Å²) in [6.45, 7) is 2.20. The zero-order chi connectivity index (χ0) is 13.0. The highest BCUT2D eigenvalue weighted by atomic mass is 16.3. The predicted molar refractivity (Wildman–Crippen MR) is 69.1 cm³/mol. The highest BCUT2D eigenvalue weighted by Crippen LogP contribution is 2.15. The fourth-order valence-electron chi connectivity index (χ4n) is 1.81. The predicted octanol–water partition coefficient (Wildman–Crippen LogP) is 0.992. The van der Waals surface area contributed by atoms with Gasteiger partial charge in [0.25, 0.3) is 0 Å². The zero-order valence-electron chi connectivity index (χ0n) is 10.3. The van der Waals surface area contributed by atoms with E-state index in [9.17, 15) is 4.79 Å². The molecular weight excluding hydrogens is 230 g/mol. The van der Waals surface area contributed by atoms with Gasteiger partial charge < -0.3 is 15.4 Å². The Balaban J connectivity index is 1.95. The molecule has 0 spiro atoms. The largest absolute Gasteiger partial charge is 0.393 e. The molecule has 2 aromatic heterocycles. The second kappa shape index (κ2) is 5.64. The van der Waals surface area contributed by atoms with E-state index < -0.39 is 0 Å². The van der Waals surface area contributed by atoms with Crippen LogP contribution in [0.4, 0.5) is 0 Å². The first-order valence-corrected chi connectivity index (χ1v) is 6.02. The van der Waals surface area contributed by atoms with Gasteiger partial charge in [-0.1, -0.05) is 0 Å². The van der Waals surface area contributed by atoms with Crippen LogP contribution in [-0.4, -0.2) is 33.6 Å². The summed E-state index contributed by atoms with van der Waals surface area (Å²) in [6, 6.07) is 3.79. The Morgan fingerprint density at radius 3 is 3.22 bits per heavy atom. The summed E-state index contributed by atoms with van der Waals surface area (Å²) in [5.41, 5.74) is 1.73. The van der Waals surface area contributed by atoms with Crippen LogP contribution in [0.1, 0.15) is 18.9 Å². The fraction of sp³-hybridized carbons (Fsp3) is 0.385. The minimum atomic E-state index is -0.386. The molecule has 0 fully saturated rings. The number of carbonyl (C=O) groups excluding carboxylic acids is 1. The number of nitrogens with zero attached hydrogens (tertiary/aromatic N) is 1. The summed E-state index contributed by atoms with van der Waals surface area (Å²) in [6.07, 6.45) is 4.03. The molecule has 0 aliphatic carbocycles. The Morgan fingerprint density at radius 1 is 1.61 bits per heavy atom. The average Bonchev–Trinajstić information content (AvgIpc) is 2.72. The molecule has 2 rings (SSSR count). The Labute approximate surface area is 105 Å². The molecule has 0 aliphatic heterocycles. The molecule has 0 bridgehead atoms. The number of aliphatic hydroxyl groups is 1. The van der Waals surface area contributed by atoms with Gasteiger partial charge in [-0.3, -0.25) is 4.79 Å². The Kier molecular flexibility index (Phi) is 3.94. The van der Waals surface area contributed by atoms with Crippen molar-refractivity contribution in [2.75, 3.05) is 6.54 Å². The molecule has 1 atom stereocenters. The standard InChI is InChI=1S/C13H17N3O2/c1-9(17)4-6-14-12(18)7-10-8-16-13-11(10)3-2-5-15-13/h2-3,5,8-9,17H,4,6-7H2,1H3,(H,14,18)(H,15,16). The summed E-state index contributed by atoms with van der Waals surface area (Å²) in [5.74, 6) is -0.0413. The van der Waals surface area contributed by atoms with E-state index >= 15 is 0 Å². The van der Waals surface area contributed by atoms with Gasteiger partial charge >= 0.3 is 0 Å². The molecule has 5 heteroatoms. The maximum Gasteiger partial charge on any atom is 0.224 e. The van der Waals surface area contributed by atoms with Crippen LogP contribution in [0.2, 0.25) is 0 Å². The van der Waals surface area contributed by atoms with Gasteiger partial charge in [0.1, 0.15) is 5.65 Å². The van der Waals surface area contributed by atoms with Gasteiger partial charge in [0.05, 0.1) is 12.5 Å². The van der Waals surface area contributed by atoms with Crippen molar-refractivity contribution in [3.05, 3.63) is 30.1 Å². The van der Waals surface area contributed by atoms with E-state index in [0.717, 1.165) is 16.6 Å². The number of hydrogen-bond acceptors (Lipinski definition) is 3. The third kappa shape index (κ3) is 3.07. The van der Waals surface area contributed by atoms with Crippen molar-refractivity contribution in [2.45, 2.75) is 25.9 Å². The number of hydrogen-bond donors (Lipinski definition) is 3. The number of H-pyrrole nitrogens is 1. The maximum atomic E-state index is 11.7. The fourth-order valence-corrected chi connectivity index (χ4v) is 1.81. The van der Waals surface area contributed by atoms with E-state index in [1.165, 1.54) is 0 Å². The van der Waals surface area contributed by atoms with Crippen molar-refractivity contribution in [3.63, 3.8) is 0 Å². The van der Waals surface area contributed by atoms with Crippen molar-refractivity contribution in [1.82, 2.24) is 15.3 Å². The normalized spacial score (nSPS) is 12.6. The molecular formula is C13H17N3O2. The third-order valence-corrected chi connectivity index (χ3v) is 2.77. The lowest BCUT2D eigenvalue weighted by Crippen LogP contribution is -2.27. The molecule has 3 N–H and O–H groups in total. The van der Waals surface area contributed by atoms with Gasteiger partial charge in [-0.2, -0.15) is 0 Å². The Hall–Kier alpha value is -1.88. The van der Waals surface area contributed by atoms with Gasteiger partial charge in [-0.25, -0.2) is 4.98 Å². The van der Waals surface area contributed by atoms with Crippen LogP contribution in [0.5, 0.6) is 0 Å². The molecule has 0 aromatic carbocycles. The number of aliphatic hydroxyl groups excluding tert-OH is 1. The molecule has 1 unspecified atom stereocenters. The molecule has 2 aromatic rings. The second-order valence-corrected chi connectivity index (χ2v) is 4.38. The molecule has 0 saturated carbocycles. The van der Waals surface area contributed by atoms with Gasteiger partial charge in [0.15, 0.2) is 0 Å². The van der Waals surface area contributed by atoms with Crippen LogP contribution in [0.3, 0.4) is 0 Å². The minimum absolute atomic E-state index is 0.0413. The van der Waals surface area contributed by atoms with Crippen LogP contribution in [0, 0.1) is 0 Å². The number of rotatable bonds is 5. The number of nitrogens with one attached hydrogen (secondary N) is 2. The molecule has 2 heterocycles. The average molecular weight is 247 g/mol. The smallest absolute Gasteiger partial charge is 0.224 e. The van der Waals surface area contributed by atoms with Gasteiger partial charge in [-0.15, -0.1) is 0 Å². The van der Waals surface area contributed by atoms with Crippen LogP contribution >= 0.6 is 0 Å². The van der Waals surface area contributed by atoms with E-state index in [0.29, 0.717) is 19.4 Å². The summed E-state index contributed by atoms with van der Waals surface area (Å²) < 4.78 is 0. The van der Waals surface area contributed by atoms with Crippen LogP contribution in [0.25, 0.3) is 11.0 Å². The van der Waals surface area contributed by atoms with Gasteiger partial charge in [-0.05, 0) is 31.0 Å².